The molecule has 0 aliphatic heterocycles. The number of nitrogens with one attached hydrogen (secondary N) is 1. The van der Waals surface area contributed by atoms with Crippen LogP contribution in [0, 0.1) is 6.92 Å². The normalized spacial score (nSPS) is 9.94. The highest BCUT2D eigenvalue weighted by molar-refractivity contribution is 5.84. The Balaban J connectivity index is 2.40. The molecule has 0 atom stereocenters. The Labute approximate surface area is 101 Å². The summed E-state index contributed by atoms with van der Waals surface area (Å²) >= 11 is 0. The number of benzene rings is 2. The molecule has 17 heavy (non-hydrogen) atoms. The van der Waals surface area contributed by atoms with Gasteiger partial charge in [0.25, 0.3) is 0 Å². The van der Waals surface area contributed by atoms with Gasteiger partial charge in [-0.05, 0) is 37.4 Å². The number of rotatable bonds is 3. The first-order chi connectivity index (χ1) is 8.22. The van der Waals surface area contributed by atoms with E-state index in [4.69, 9.17) is 5.73 Å². The van der Waals surface area contributed by atoms with Crippen LogP contribution in [0.25, 0.3) is 0 Å². The molecule has 0 aromatic heterocycles. The van der Waals surface area contributed by atoms with Crippen LogP contribution in [0.15, 0.2) is 47.5 Å². The second-order valence-corrected chi connectivity index (χ2v) is 3.84. The van der Waals surface area contributed by atoms with Crippen LogP contribution in [-0.4, -0.2) is 6.72 Å². The Morgan fingerprint density at radius 3 is 2.47 bits per heavy atom. The highest BCUT2D eigenvalue weighted by Crippen LogP contribution is 2.35. The van der Waals surface area contributed by atoms with E-state index < -0.39 is 0 Å². The lowest BCUT2D eigenvalue weighted by atomic mass is 10.1. The highest BCUT2D eigenvalue weighted by atomic mass is 14.9. The van der Waals surface area contributed by atoms with Crippen molar-refractivity contribution in [2.75, 3.05) is 11.1 Å². The predicted octanol–water partition coefficient (Wildman–Crippen LogP) is 3.65. The fourth-order valence-corrected chi connectivity index (χ4v) is 1.66. The van der Waals surface area contributed by atoms with E-state index in [-0.39, 0.29) is 0 Å². The number of aliphatic imine (C=N–C) groups is 1. The maximum absolute atomic E-state index is 5.97. The quantitative estimate of drug-likeness (QED) is 0.618. The molecule has 3 nitrogen and oxygen atoms in total. The molecule has 0 saturated carbocycles. The lowest BCUT2D eigenvalue weighted by molar-refractivity contribution is 1.42. The second kappa shape index (κ2) is 4.70. The molecule has 0 aliphatic carbocycles. The summed E-state index contributed by atoms with van der Waals surface area (Å²) in [5, 5.41) is 3.28. The molecule has 0 fully saturated rings. The Kier molecular flexibility index (Phi) is 3.10. The third-order valence-electron chi connectivity index (χ3n) is 2.65. The lowest BCUT2D eigenvalue weighted by Gasteiger charge is -2.12. The van der Waals surface area contributed by atoms with E-state index in [1.165, 1.54) is 0 Å². The summed E-state index contributed by atoms with van der Waals surface area (Å²) < 4.78 is 0. The molecule has 86 valence electrons. The maximum Gasteiger partial charge on any atom is 0.109 e. The molecule has 0 bridgehead atoms. The van der Waals surface area contributed by atoms with Gasteiger partial charge >= 0.3 is 0 Å². The topological polar surface area (TPSA) is 50.4 Å². The number of hydrogen-bond acceptors (Lipinski definition) is 3. The maximum atomic E-state index is 5.97. The summed E-state index contributed by atoms with van der Waals surface area (Å²) in [5.74, 6) is 0. The summed E-state index contributed by atoms with van der Waals surface area (Å²) in [6.07, 6.45) is 0. The van der Waals surface area contributed by atoms with E-state index in [0.29, 0.717) is 11.4 Å². The van der Waals surface area contributed by atoms with Crippen molar-refractivity contribution in [2.45, 2.75) is 6.92 Å². The molecule has 2 aromatic rings. The van der Waals surface area contributed by atoms with Gasteiger partial charge in [-0.25, -0.2) is 0 Å². The summed E-state index contributed by atoms with van der Waals surface area (Å²) in [6.45, 7) is 5.52. The van der Waals surface area contributed by atoms with Gasteiger partial charge in [-0.1, -0.05) is 24.3 Å². The molecule has 2 rings (SSSR count). The van der Waals surface area contributed by atoms with E-state index in [2.05, 4.69) is 17.0 Å². The second-order valence-electron chi connectivity index (χ2n) is 3.84. The Morgan fingerprint density at radius 2 is 1.82 bits per heavy atom. The number of nitrogens with two attached hydrogens (primary N) is 1. The molecule has 3 heteroatoms. The van der Waals surface area contributed by atoms with Crippen LogP contribution in [-0.2, 0) is 0 Å². The Morgan fingerprint density at radius 1 is 1.12 bits per heavy atom. The first-order valence-corrected chi connectivity index (χ1v) is 5.40. The molecule has 0 heterocycles. The number of hydrogen-bond donors (Lipinski definition) is 2. The van der Waals surface area contributed by atoms with Crippen LogP contribution in [0.2, 0.25) is 0 Å². The van der Waals surface area contributed by atoms with E-state index in [1.807, 2.05) is 49.4 Å². The largest absolute Gasteiger partial charge is 0.397 e. The standard InChI is InChI=1S/C14H15N3/c1-10-8-9-12(14(16-2)13(10)15)17-11-6-4-3-5-7-11/h3-9,17H,2,15H2,1H3. The Hall–Kier alpha value is -2.29. The van der Waals surface area contributed by atoms with Gasteiger partial charge in [-0.15, -0.1) is 0 Å². The van der Waals surface area contributed by atoms with Gasteiger partial charge in [-0.3, -0.25) is 4.99 Å². The third-order valence-corrected chi connectivity index (χ3v) is 2.65. The van der Waals surface area contributed by atoms with Gasteiger partial charge in [0.15, 0.2) is 0 Å². The van der Waals surface area contributed by atoms with Crippen molar-refractivity contribution in [1.82, 2.24) is 0 Å². The number of nitrogens with zero attached hydrogens (tertiary/aromatic N) is 1. The summed E-state index contributed by atoms with van der Waals surface area (Å²) in [6, 6.07) is 13.8. The van der Waals surface area contributed by atoms with Crippen molar-refractivity contribution >= 4 is 29.5 Å². The average molecular weight is 225 g/mol. The van der Waals surface area contributed by atoms with Crippen LogP contribution >= 0.6 is 0 Å². The van der Waals surface area contributed by atoms with E-state index in [9.17, 15) is 0 Å². The van der Waals surface area contributed by atoms with Gasteiger partial charge in [0.2, 0.25) is 0 Å². The molecule has 2 aromatic carbocycles. The summed E-state index contributed by atoms with van der Waals surface area (Å²) in [5.41, 5.74) is 10.2. The van der Waals surface area contributed by atoms with Crippen molar-refractivity contribution in [3.8, 4) is 0 Å². The minimum absolute atomic E-state index is 0.668. The minimum Gasteiger partial charge on any atom is -0.397 e. The fourth-order valence-electron chi connectivity index (χ4n) is 1.66. The number of aryl methyl sites for hydroxylation is 1. The van der Waals surface area contributed by atoms with Crippen LogP contribution in [0.3, 0.4) is 0 Å². The van der Waals surface area contributed by atoms with Crippen molar-refractivity contribution in [1.29, 1.82) is 0 Å². The molecular weight excluding hydrogens is 210 g/mol. The van der Waals surface area contributed by atoms with Gasteiger partial charge in [0, 0.05) is 5.69 Å². The van der Waals surface area contributed by atoms with Gasteiger partial charge in [0.1, 0.15) is 5.69 Å². The number of nitrogen functional groups attached to an aromatic ring is 1. The first-order valence-electron chi connectivity index (χ1n) is 5.40. The first kappa shape index (κ1) is 11.2. The predicted molar refractivity (Wildman–Crippen MR) is 74.5 cm³/mol. The lowest BCUT2D eigenvalue weighted by Crippen LogP contribution is -1.96. The SMILES string of the molecule is C=Nc1c(Nc2ccccc2)ccc(C)c1N. The molecular formula is C14H15N3. The van der Waals surface area contributed by atoms with Gasteiger partial charge in [0.05, 0.1) is 11.4 Å². The number of anilines is 3. The molecule has 0 saturated heterocycles. The van der Waals surface area contributed by atoms with Gasteiger partial charge in [-0.2, -0.15) is 0 Å². The number of para-hydroxylation sites is 1. The minimum atomic E-state index is 0.668. The highest BCUT2D eigenvalue weighted by Gasteiger charge is 2.07. The van der Waals surface area contributed by atoms with E-state index >= 15 is 0 Å². The van der Waals surface area contributed by atoms with E-state index in [0.717, 1.165) is 16.9 Å². The van der Waals surface area contributed by atoms with E-state index in [1.54, 1.807) is 0 Å². The molecule has 0 radical (unpaired) electrons. The zero-order valence-electron chi connectivity index (χ0n) is 9.77. The van der Waals surface area contributed by atoms with Crippen LogP contribution in [0.4, 0.5) is 22.7 Å². The molecule has 0 amide bonds. The molecule has 0 spiro atoms. The van der Waals surface area contributed by atoms with Crippen LogP contribution < -0.4 is 11.1 Å². The van der Waals surface area contributed by atoms with Crippen molar-refractivity contribution in [3.63, 3.8) is 0 Å². The smallest absolute Gasteiger partial charge is 0.109 e. The van der Waals surface area contributed by atoms with Crippen LogP contribution in [0.5, 0.6) is 0 Å². The van der Waals surface area contributed by atoms with Gasteiger partial charge < -0.3 is 11.1 Å². The average Bonchev–Trinajstić information content (AvgIpc) is 2.36. The van der Waals surface area contributed by atoms with Crippen molar-refractivity contribution in [2.24, 2.45) is 4.99 Å². The zero-order chi connectivity index (χ0) is 12.3. The molecule has 0 aliphatic rings. The molecule has 3 N–H and O–H groups in total. The fraction of sp³-hybridized carbons (Fsp3) is 0.0714. The Bertz CT molecular complexity index is 533. The zero-order valence-corrected chi connectivity index (χ0v) is 9.77. The monoisotopic (exact) mass is 225 g/mol. The summed E-state index contributed by atoms with van der Waals surface area (Å²) in [4.78, 5) is 3.99. The van der Waals surface area contributed by atoms with Crippen LogP contribution in [0.1, 0.15) is 5.56 Å². The summed E-state index contributed by atoms with van der Waals surface area (Å²) in [7, 11) is 0. The van der Waals surface area contributed by atoms with Crippen molar-refractivity contribution < 1.29 is 0 Å². The van der Waals surface area contributed by atoms with Crippen molar-refractivity contribution in [3.05, 3.63) is 48.0 Å². The third kappa shape index (κ3) is 2.28. The molecule has 0 unspecified atom stereocenters.